The minimum absolute atomic E-state index is 0.175. The summed E-state index contributed by atoms with van der Waals surface area (Å²) in [4.78, 5) is 17.1. The van der Waals surface area contributed by atoms with Gasteiger partial charge in [0.25, 0.3) is 0 Å². The van der Waals surface area contributed by atoms with Gasteiger partial charge in [-0.2, -0.15) is 0 Å². The predicted molar refractivity (Wildman–Crippen MR) is 132 cm³/mol. The van der Waals surface area contributed by atoms with E-state index in [1.165, 1.54) is 5.56 Å². The van der Waals surface area contributed by atoms with E-state index in [2.05, 4.69) is 18.0 Å². The van der Waals surface area contributed by atoms with Crippen molar-refractivity contribution in [3.05, 3.63) is 52.0 Å². The summed E-state index contributed by atoms with van der Waals surface area (Å²) < 4.78 is 16.0. The molecule has 33 heavy (non-hydrogen) atoms. The fourth-order valence-electron chi connectivity index (χ4n) is 4.31. The Morgan fingerprint density at radius 3 is 2.39 bits per heavy atom. The molecule has 0 fully saturated rings. The van der Waals surface area contributed by atoms with Crippen LogP contribution < -0.4 is 14.2 Å². The number of benzene rings is 2. The molecule has 0 bridgehead atoms. The zero-order valence-electron chi connectivity index (χ0n) is 20.2. The average molecular weight is 475 g/mol. The highest BCUT2D eigenvalue weighted by molar-refractivity contribution is 6.32. The molecule has 0 aliphatic carbocycles. The maximum absolute atomic E-state index is 12.8. The van der Waals surface area contributed by atoms with Crippen LogP contribution in [0.2, 0.25) is 5.02 Å². The summed E-state index contributed by atoms with van der Waals surface area (Å²) in [6, 6.07) is 9.94. The lowest BCUT2D eigenvalue weighted by Gasteiger charge is -2.23. The number of aryl methyl sites for hydroxylation is 1. The Kier molecular flexibility index (Phi) is 9.27. The third kappa shape index (κ3) is 6.78. The van der Waals surface area contributed by atoms with Crippen LogP contribution in [0.4, 0.5) is 0 Å². The molecule has 0 aromatic heterocycles. The van der Waals surface area contributed by atoms with Crippen molar-refractivity contribution >= 4 is 17.5 Å². The van der Waals surface area contributed by atoms with Gasteiger partial charge in [0.15, 0.2) is 11.5 Å². The number of fused-ring (bicyclic) bond motifs is 1. The Morgan fingerprint density at radius 2 is 1.67 bits per heavy atom. The van der Waals surface area contributed by atoms with Crippen LogP contribution >= 0.6 is 11.6 Å². The Labute approximate surface area is 202 Å². The zero-order chi connectivity index (χ0) is 23.8. The van der Waals surface area contributed by atoms with E-state index in [4.69, 9.17) is 25.8 Å². The summed E-state index contributed by atoms with van der Waals surface area (Å²) in [5, 5.41) is 0.604. The van der Waals surface area contributed by atoms with Crippen LogP contribution in [0.3, 0.4) is 0 Å². The maximum Gasteiger partial charge on any atom is 0.227 e. The van der Waals surface area contributed by atoms with E-state index in [1.807, 2.05) is 29.2 Å². The second-order valence-corrected chi connectivity index (χ2v) is 8.92. The number of ether oxygens (including phenoxy) is 3. The molecule has 0 N–H and O–H groups in total. The molecule has 1 aliphatic rings. The van der Waals surface area contributed by atoms with Crippen molar-refractivity contribution in [1.29, 1.82) is 0 Å². The zero-order valence-corrected chi connectivity index (χ0v) is 20.9. The molecule has 0 saturated heterocycles. The fourth-order valence-corrected chi connectivity index (χ4v) is 4.58. The Hall–Kier alpha value is -2.44. The summed E-state index contributed by atoms with van der Waals surface area (Å²) in [5.41, 5.74) is 3.41. The molecule has 2 aromatic carbocycles. The first-order chi connectivity index (χ1) is 15.9. The third-order valence-corrected chi connectivity index (χ3v) is 6.54. The number of methoxy groups -OCH3 is 3. The first-order valence-corrected chi connectivity index (χ1v) is 11.9. The standard InChI is InChI=1S/C26H35ClN2O4/c1-28(11-5-7-19-8-9-23(31-2)25(15-19)33-4)12-6-13-29-14-10-20-16-22(27)24(32-3)17-21(20)18-26(29)30/h8-9,15-17H,5-7,10-14,18H2,1-4H3. The van der Waals surface area contributed by atoms with Gasteiger partial charge < -0.3 is 24.0 Å². The van der Waals surface area contributed by atoms with E-state index in [-0.39, 0.29) is 5.91 Å². The van der Waals surface area contributed by atoms with Gasteiger partial charge in [0, 0.05) is 13.1 Å². The van der Waals surface area contributed by atoms with Gasteiger partial charge in [-0.3, -0.25) is 4.79 Å². The quantitative estimate of drug-likeness (QED) is 0.487. The van der Waals surface area contributed by atoms with Crippen molar-refractivity contribution < 1.29 is 19.0 Å². The molecule has 3 rings (SSSR count). The molecule has 6 nitrogen and oxygen atoms in total. The normalized spacial score (nSPS) is 13.6. The Morgan fingerprint density at radius 1 is 0.939 bits per heavy atom. The molecule has 7 heteroatoms. The number of halogens is 1. The lowest BCUT2D eigenvalue weighted by atomic mass is 10.0. The van der Waals surface area contributed by atoms with E-state index in [0.29, 0.717) is 17.2 Å². The van der Waals surface area contributed by atoms with Crippen molar-refractivity contribution in [1.82, 2.24) is 9.80 Å². The van der Waals surface area contributed by atoms with Gasteiger partial charge in [-0.25, -0.2) is 0 Å². The van der Waals surface area contributed by atoms with E-state index in [9.17, 15) is 4.79 Å². The minimum Gasteiger partial charge on any atom is -0.495 e. The molecule has 2 aromatic rings. The molecule has 1 amide bonds. The fraction of sp³-hybridized carbons (Fsp3) is 0.500. The molecule has 1 heterocycles. The lowest BCUT2D eigenvalue weighted by molar-refractivity contribution is -0.130. The second kappa shape index (κ2) is 12.1. The third-order valence-electron chi connectivity index (χ3n) is 6.24. The number of hydrogen-bond acceptors (Lipinski definition) is 5. The number of amides is 1. The molecule has 0 saturated carbocycles. The summed E-state index contributed by atoms with van der Waals surface area (Å²) in [7, 11) is 7.05. The maximum atomic E-state index is 12.8. The number of rotatable bonds is 11. The smallest absolute Gasteiger partial charge is 0.227 e. The van der Waals surface area contributed by atoms with Gasteiger partial charge in [0.05, 0.1) is 32.8 Å². The Balaban J connectivity index is 1.41. The van der Waals surface area contributed by atoms with Crippen LogP contribution in [0.15, 0.2) is 30.3 Å². The van der Waals surface area contributed by atoms with Crippen LogP contribution in [0.25, 0.3) is 0 Å². The predicted octanol–water partition coefficient (Wildman–Crippen LogP) is 4.25. The first kappa shape index (κ1) is 25.2. The number of carbonyl (C=O) groups excluding carboxylic acids is 1. The Bertz CT molecular complexity index is 950. The van der Waals surface area contributed by atoms with Gasteiger partial charge >= 0.3 is 0 Å². The molecule has 1 aliphatic heterocycles. The van der Waals surface area contributed by atoms with Gasteiger partial charge in [-0.05, 0) is 86.8 Å². The van der Waals surface area contributed by atoms with E-state index < -0.39 is 0 Å². The lowest BCUT2D eigenvalue weighted by Crippen LogP contribution is -2.35. The SMILES string of the molecule is COc1cc2c(cc1Cl)CCN(CCCN(C)CCCc1ccc(OC)c(OC)c1)C(=O)C2. The van der Waals surface area contributed by atoms with Crippen molar-refractivity contribution in [2.24, 2.45) is 0 Å². The summed E-state index contributed by atoms with van der Waals surface area (Å²) in [6.07, 6.45) is 4.24. The molecular weight excluding hydrogens is 440 g/mol. The van der Waals surface area contributed by atoms with E-state index in [1.54, 1.807) is 21.3 Å². The van der Waals surface area contributed by atoms with Gasteiger partial charge in [0.1, 0.15) is 5.75 Å². The number of hydrogen-bond donors (Lipinski definition) is 0. The van der Waals surface area contributed by atoms with Crippen LogP contribution in [-0.2, 0) is 24.1 Å². The minimum atomic E-state index is 0.175. The molecule has 0 unspecified atom stereocenters. The van der Waals surface area contributed by atoms with Crippen LogP contribution in [-0.4, -0.2) is 70.3 Å². The molecule has 0 radical (unpaired) electrons. The highest BCUT2D eigenvalue weighted by Gasteiger charge is 2.22. The number of nitrogens with zero attached hydrogens (tertiary/aromatic N) is 2. The molecule has 0 spiro atoms. The molecule has 180 valence electrons. The van der Waals surface area contributed by atoms with Crippen molar-refractivity contribution in [3.8, 4) is 17.2 Å². The van der Waals surface area contributed by atoms with Crippen LogP contribution in [0.1, 0.15) is 29.5 Å². The highest BCUT2D eigenvalue weighted by Crippen LogP contribution is 2.30. The highest BCUT2D eigenvalue weighted by atomic mass is 35.5. The van der Waals surface area contributed by atoms with Crippen LogP contribution in [0, 0.1) is 0 Å². The van der Waals surface area contributed by atoms with Crippen molar-refractivity contribution in [2.45, 2.75) is 32.1 Å². The summed E-state index contributed by atoms with van der Waals surface area (Å²) in [5.74, 6) is 2.33. The summed E-state index contributed by atoms with van der Waals surface area (Å²) >= 11 is 6.27. The average Bonchev–Trinajstić information content (AvgIpc) is 2.96. The van der Waals surface area contributed by atoms with Crippen molar-refractivity contribution in [2.75, 3.05) is 54.6 Å². The largest absolute Gasteiger partial charge is 0.495 e. The summed E-state index contributed by atoms with van der Waals surface area (Å²) in [6.45, 7) is 3.48. The first-order valence-electron chi connectivity index (χ1n) is 11.5. The monoisotopic (exact) mass is 474 g/mol. The van der Waals surface area contributed by atoms with Crippen LogP contribution in [0.5, 0.6) is 17.2 Å². The molecule has 0 atom stereocenters. The molecular formula is C26H35ClN2O4. The number of carbonyl (C=O) groups is 1. The van der Waals surface area contributed by atoms with Gasteiger partial charge in [0.2, 0.25) is 5.91 Å². The van der Waals surface area contributed by atoms with Crippen molar-refractivity contribution in [3.63, 3.8) is 0 Å². The second-order valence-electron chi connectivity index (χ2n) is 8.51. The van der Waals surface area contributed by atoms with Gasteiger partial charge in [-0.15, -0.1) is 0 Å². The van der Waals surface area contributed by atoms with E-state index >= 15 is 0 Å². The van der Waals surface area contributed by atoms with Gasteiger partial charge in [-0.1, -0.05) is 17.7 Å². The topological polar surface area (TPSA) is 51.2 Å². The van der Waals surface area contributed by atoms with E-state index in [0.717, 1.165) is 74.5 Å².